The fourth-order valence-electron chi connectivity index (χ4n) is 1.77. The number of alkyl halides is 2. The third kappa shape index (κ3) is 1.94. The second-order valence-corrected chi connectivity index (χ2v) is 4.63. The van der Waals surface area contributed by atoms with Crippen molar-refractivity contribution in [3.05, 3.63) is 28.0 Å². The van der Waals surface area contributed by atoms with E-state index in [1.165, 1.54) is 12.3 Å². The number of halogens is 4. The van der Waals surface area contributed by atoms with Crippen LogP contribution in [0.15, 0.2) is 12.3 Å². The molecule has 0 spiro atoms. The fraction of sp³-hybridized carbons (Fsp3) is 0.444. The van der Waals surface area contributed by atoms with Gasteiger partial charge in [-0.15, -0.1) is 0 Å². The van der Waals surface area contributed by atoms with E-state index in [4.69, 9.17) is 28.9 Å². The smallest absolute Gasteiger partial charge is 0.252 e. The van der Waals surface area contributed by atoms with Crippen LogP contribution in [0.3, 0.4) is 0 Å². The van der Waals surface area contributed by atoms with E-state index in [9.17, 15) is 8.78 Å². The molecule has 15 heavy (non-hydrogen) atoms. The maximum absolute atomic E-state index is 12.7. The van der Waals surface area contributed by atoms with Crippen LogP contribution in [-0.4, -0.2) is 10.9 Å². The van der Waals surface area contributed by atoms with E-state index < -0.39 is 11.5 Å². The zero-order valence-electron chi connectivity index (χ0n) is 7.61. The van der Waals surface area contributed by atoms with Crippen molar-refractivity contribution in [1.82, 2.24) is 4.98 Å². The van der Waals surface area contributed by atoms with E-state index in [0.29, 0.717) is 5.56 Å². The molecular weight excluding hydrogens is 245 g/mol. The molecule has 1 aliphatic carbocycles. The Morgan fingerprint density at radius 3 is 2.40 bits per heavy atom. The first-order chi connectivity index (χ1) is 6.82. The van der Waals surface area contributed by atoms with Gasteiger partial charge in [0.15, 0.2) is 0 Å². The standard InChI is InChI=1S/C9H8Cl2F2N2/c10-6-1-5(2-15-7(6)11)8(14)3-9(12,13)4-8/h1-2H,3-4,14H2. The van der Waals surface area contributed by atoms with Gasteiger partial charge in [-0.3, -0.25) is 0 Å². The van der Waals surface area contributed by atoms with E-state index in [1.807, 2.05) is 0 Å². The lowest BCUT2D eigenvalue weighted by atomic mass is 9.70. The number of pyridine rings is 1. The average molecular weight is 253 g/mol. The Kier molecular flexibility index (Phi) is 2.41. The van der Waals surface area contributed by atoms with E-state index in [0.717, 1.165) is 0 Å². The summed E-state index contributed by atoms with van der Waals surface area (Å²) in [4.78, 5) is 3.78. The molecule has 2 N–H and O–H groups in total. The van der Waals surface area contributed by atoms with Crippen molar-refractivity contribution in [2.24, 2.45) is 5.73 Å². The Balaban J connectivity index is 2.28. The molecule has 0 atom stereocenters. The van der Waals surface area contributed by atoms with Gasteiger partial charge in [0.25, 0.3) is 5.92 Å². The molecule has 6 heteroatoms. The first-order valence-corrected chi connectivity index (χ1v) is 5.06. The molecule has 1 aromatic rings. The molecule has 0 unspecified atom stereocenters. The Morgan fingerprint density at radius 2 is 1.93 bits per heavy atom. The molecule has 0 radical (unpaired) electrons. The monoisotopic (exact) mass is 252 g/mol. The molecule has 1 fully saturated rings. The van der Waals surface area contributed by atoms with Crippen LogP contribution in [0.2, 0.25) is 10.2 Å². The van der Waals surface area contributed by atoms with Crippen molar-refractivity contribution in [2.45, 2.75) is 24.3 Å². The highest BCUT2D eigenvalue weighted by molar-refractivity contribution is 6.41. The number of rotatable bonds is 1. The molecule has 0 amide bonds. The predicted molar refractivity (Wildman–Crippen MR) is 54.3 cm³/mol. The van der Waals surface area contributed by atoms with Gasteiger partial charge in [0, 0.05) is 19.0 Å². The Bertz CT molecular complexity index is 401. The molecule has 1 aliphatic rings. The quantitative estimate of drug-likeness (QED) is 0.781. The number of hydrogen-bond donors (Lipinski definition) is 1. The first-order valence-electron chi connectivity index (χ1n) is 4.31. The third-order valence-electron chi connectivity index (χ3n) is 2.52. The van der Waals surface area contributed by atoms with Crippen molar-refractivity contribution in [2.75, 3.05) is 0 Å². The second-order valence-electron chi connectivity index (χ2n) is 3.86. The molecule has 0 aromatic carbocycles. The number of hydrogen-bond acceptors (Lipinski definition) is 2. The minimum atomic E-state index is -2.68. The highest BCUT2D eigenvalue weighted by atomic mass is 35.5. The molecule has 2 rings (SSSR count). The molecular formula is C9H8Cl2F2N2. The van der Waals surface area contributed by atoms with E-state index >= 15 is 0 Å². The van der Waals surface area contributed by atoms with Gasteiger partial charge < -0.3 is 5.73 Å². The molecule has 0 aliphatic heterocycles. The van der Waals surface area contributed by atoms with Crippen molar-refractivity contribution in [3.63, 3.8) is 0 Å². The lowest BCUT2D eigenvalue weighted by Crippen LogP contribution is -2.55. The fourth-order valence-corrected chi connectivity index (χ4v) is 2.04. The van der Waals surface area contributed by atoms with Gasteiger partial charge in [-0.2, -0.15) is 0 Å². The lowest BCUT2D eigenvalue weighted by molar-refractivity contribution is -0.125. The Hall–Kier alpha value is -0.450. The second kappa shape index (κ2) is 3.27. The summed E-state index contributed by atoms with van der Waals surface area (Å²) in [5.41, 5.74) is 5.28. The van der Waals surface area contributed by atoms with E-state index in [2.05, 4.69) is 4.98 Å². The predicted octanol–water partition coefficient (Wildman–Crippen LogP) is 2.97. The van der Waals surface area contributed by atoms with Crippen LogP contribution < -0.4 is 5.73 Å². The molecule has 0 saturated heterocycles. The summed E-state index contributed by atoms with van der Waals surface area (Å²) < 4.78 is 25.5. The van der Waals surface area contributed by atoms with Gasteiger partial charge in [-0.1, -0.05) is 23.2 Å². The van der Waals surface area contributed by atoms with Crippen LogP contribution in [0.5, 0.6) is 0 Å². The average Bonchev–Trinajstić information content (AvgIpc) is 2.06. The molecule has 82 valence electrons. The van der Waals surface area contributed by atoms with Crippen molar-refractivity contribution in [3.8, 4) is 0 Å². The van der Waals surface area contributed by atoms with E-state index in [-0.39, 0.29) is 23.0 Å². The maximum atomic E-state index is 12.7. The van der Waals surface area contributed by atoms with Crippen LogP contribution in [0.25, 0.3) is 0 Å². The molecule has 1 heterocycles. The number of nitrogens with zero attached hydrogens (tertiary/aromatic N) is 1. The topological polar surface area (TPSA) is 38.9 Å². The van der Waals surface area contributed by atoms with Gasteiger partial charge in [0.1, 0.15) is 5.15 Å². The number of aromatic nitrogens is 1. The summed E-state index contributed by atoms with van der Waals surface area (Å²) in [6.07, 6.45) is 0.642. The molecule has 1 aromatic heterocycles. The minimum Gasteiger partial charge on any atom is -0.321 e. The normalized spacial score (nSPS) is 22.2. The third-order valence-corrected chi connectivity index (χ3v) is 3.21. The summed E-state index contributed by atoms with van der Waals surface area (Å²) in [7, 11) is 0. The van der Waals surface area contributed by atoms with Crippen LogP contribution in [0, 0.1) is 0 Å². The van der Waals surface area contributed by atoms with Crippen molar-refractivity contribution >= 4 is 23.2 Å². The Morgan fingerprint density at radius 1 is 1.33 bits per heavy atom. The number of nitrogens with two attached hydrogens (primary N) is 1. The lowest BCUT2D eigenvalue weighted by Gasteiger charge is -2.44. The van der Waals surface area contributed by atoms with Crippen LogP contribution in [0.4, 0.5) is 8.78 Å². The van der Waals surface area contributed by atoms with Crippen molar-refractivity contribution in [1.29, 1.82) is 0 Å². The zero-order valence-corrected chi connectivity index (χ0v) is 9.12. The van der Waals surface area contributed by atoms with E-state index in [1.54, 1.807) is 0 Å². The summed E-state index contributed by atoms with van der Waals surface area (Å²) in [5.74, 6) is -2.68. The minimum absolute atomic E-state index is 0.148. The highest BCUT2D eigenvalue weighted by Crippen LogP contribution is 2.50. The van der Waals surface area contributed by atoms with Gasteiger partial charge >= 0.3 is 0 Å². The SMILES string of the molecule is NC1(c2cnc(Cl)c(Cl)c2)CC(F)(F)C1. The molecule has 2 nitrogen and oxygen atoms in total. The van der Waals surface area contributed by atoms with Gasteiger partial charge in [-0.05, 0) is 11.6 Å². The Labute approximate surface area is 95.4 Å². The first kappa shape index (κ1) is 11.0. The van der Waals surface area contributed by atoms with Crippen molar-refractivity contribution < 1.29 is 8.78 Å². The van der Waals surface area contributed by atoms with Crippen LogP contribution in [-0.2, 0) is 5.54 Å². The van der Waals surface area contributed by atoms with Gasteiger partial charge in [0.05, 0.1) is 10.6 Å². The summed E-state index contributed by atoms with van der Waals surface area (Å²) in [6, 6.07) is 1.49. The maximum Gasteiger partial charge on any atom is 0.252 e. The van der Waals surface area contributed by atoms with Crippen LogP contribution in [0.1, 0.15) is 18.4 Å². The summed E-state index contributed by atoms with van der Waals surface area (Å²) in [5, 5.41) is 0.379. The van der Waals surface area contributed by atoms with Gasteiger partial charge in [0.2, 0.25) is 0 Å². The largest absolute Gasteiger partial charge is 0.321 e. The zero-order chi connectivity index (χ0) is 11.3. The molecule has 1 saturated carbocycles. The van der Waals surface area contributed by atoms with Gasteiger partial charge in [-0.25, -0.2) is 13.8 Å². The summed E-state index contributed by atoms with van der Waals surface area (Å²) >= 11 is 11.4. The summed E-state index contributed by atoms with van der Waals surface area (Å²) in [6.45, 7) is 0. The van der Waals surface area contributed by atoms with Crippen LogP contribution >= 0.6 is 23.2 Å². The highest BCUT2D eigenvalue weighted by Gasteiger charge is 2.55. The molecule has 0 bridgehead atoms.